The number of halogens is 1. The van der Waals surface area contributed by atoms with Crippen molar-refractivity contribution >= 4 is 45.7 Å². The van der Waals surface area contributed by atoms with E-state index in [9.17, 15) is 4.79 Å². The predicted molar refractivity (Wildman–Crippen MR) is 138 cm³/mol. The van der Waals surface area contributed by atoms with E-state index < -0.39 is 5.79 Å². The molecule has 5 atom stereocenters. The van der Waals surface area contributed by atoms with Crippen LogP contribution in [0, 0.1) is 5.92 Å². The number of thiophene rings is 1. The molecule has 8 nitrogen and oxygen atoms in total. The van der Waals surface area contributed by atoms with Gasteiger partial charge < -0.3 is 24.7 Å². The molecule has 1 aliphatic carbocycles. The first-order chi connectivity index (χ1) is 16.8. The number of hydrogen-bond donors (Lipinski definition) is 2. The molecule has 3 aromatic heterocycles. The Balaban J connectivity index is 1.43. The van der Waals surface area contributed by atoms with Crippen molar-refractivity contribution in [1.82, 2.24) is 19.9 Å². The number of amides is 1. The summed E-state index contributed by atoms with van der Waals surface area (Å²) in [6.45, 7) is 8.47. The van der Waals surface area contributed by atoms with E-state index in [0.717, 1.165) is 34.7 Å². The summed E-state index contributed by atoms with van der Waals surface area (Å²) in [5.74, 6) is -1.03. The zero-order valence-electron chi connectivity index (χ0n) is 20.5. The molecule has 3 aromatic rings. The van der Waals surface area contributed by atoms with Crippen LogP contribution in [0.1, 0.15) is 51.5 Å². The van der Waals surface area contributed by atoms with Gasteiger partial charge in [-0.05, 0) is 51.1 Å². The van der Waals surface area contributed by atoms with Gasteiger partial charge in [0.2, 0.25) is 5.91 Å². The Morgan fingerprint density at radius 1 is 1.29 bits per heavy atom. The molecule has 0 bridgehead atoms. The number of hydrogen-bond acceptors (Lipinski definition) is 7. The lowest BCUT2D eigenvalue weighted by Crippen LogP contribution is -2.37. The maximum absolute atomic E-state index is 12.8. The van der Waals surface area contributed by atoms with Gasteiger partial charge in [-0.1, -0.05) is 18.5 Å². The number of nitrogens with one attached hydrogen (secondary N) is 2. The maximum atomic E-state index is 12.8. The smallest absolute Gasteiger partial charge is 0.225 e. The normalized spacial score (nSPS) is 26.1. The monoisotopic (exact) mass is 517 g/mol. The molecule has 1 saturated heterocycles. The van der Waals surface area contributed by atoms with Gasteiger partial charge in [0.05, 0.1) is 29.0 Å². The van der Waals surface area contributed by atoms with E-state index in [1.165, 1.54) is 4.88 Å². The molecule has 0 spiro atoms. The van der Waals surface area contributed by atoms with Gasteiger partial charge in [-0.25, -0.2) is 9.97 Å². The summed E-state index contributed by atoms with van der Waals surface area (Å²) in [5, 5.41) is 9.45. The van der Waals surface area contributed by atoms with Gasteiger partial charge in [-0.3, -0.25) is 4.79 Å². The van der Waals surface area contributed by atoms with Gasteiger partial charge in [-0.15, -0.1) is 11.3 Å². The van der Waals surface area contributed by atoms with E-state index in [1.54, 1.807) is 17.5 Å². The van der Waals surface area contributed by atoms with Gasteiger partial charge in [0, 0.05) is 30.1 Å². The standard InChI is InChI=1S/C25H32ClN5O3S/c1-5-14(11-19-16(26)8-10-35-19)30-17-7-9-28-23-20(17)29-13-31(23)18-12-15(24(32)27-6-2)21-22(18)34-25(3,4)33-21/h7-10,13-15,18,21-22H,5-6,11-12H2,1-4H3,(H,27,32)(H,28,30). The van der Waals surface area contributed by atoms with Crippen LogP contribution in [0.2, 0.25) is 5.02 Å². The molecule has 2 N–H and O–H groups in total. The highest BCUT2D eigenvalue weighted by Crippen LogP contribution is 2.47. The Bertz CT molecular complexity index is 1210. The number of imidazole rings is 1. The molecule has 1 saturated carbocycles. The topological polar surface area (TPSA) is 90.3 Å². The van der Waals surface area contributed by atoms with Crippen molar-refractivity contribution in [1.29, 1.82) is 0 Å². The van der Waals surface area contributed by atoms with Crippen LogP contribution in [0.15, 0.2) is 30.0 Å². The van der Waals surface area contributed by atoms with Crippen LogP contribution in [0.4, 0.5) is 5.69 Å². The number of carbonyl (C=O) groups excluding carboxylic acids is 1. The second-order valence-electron chi connectivity index (χ2n) is 9.70. The van der Waals surface area contributed by atoms with Gasteiger partial charge in [0.25, 0.3) is 0 Å². The number of anilines is 1. The van der Waals surface area contributed by atoms with Crippen LogP contribution in [-0.4, -0.2) is 51.0 Å². The predicted octanol–water partition coefficient (Wildman–Crippen LogP) is 4.80. The lowest BCUT2D eigenvalue weighted by molar-refractivity contribution is -0.163. The summed E-state index contributed by atoms with van der Waals surface area (Å²) in [5.41, 5.74) is 2.51. The largest absolute Gasteiger partial charge is 0.380 e. The van der Waals surface area contributed by atoms with Gasteiger partial charge in [-0.2, -0.15) is 0 Å². The first kappa shape index (κ1) is 24.5. The molecule has 0 aromatic carbocycles. The summed E-state index contributed by atoms with van der Waals surface area (Å²) in [6.07, 6.45) is 5.46. The molecule has 1 amide bonds. The van der Waals surface area contributed by atoms with E-state index in [0.29, 0.717) is 13.0 Å². The van der Waals surface area contributed by atoms with E-state index in [2.05, 4.69) is 27.1 Å². The third-order valence-electron chi connectivity index (χ3n) is 6.92. The maximum Gasteiger partial charge on any atom is 0.225 e. The quantitative estimate of drug-likeness (QED) is 0.446. The van der Waals surface area contributed by atoms with E-state index in [4.69, 9.17) is 26.1 Å². The van der Waals surface area contributed by atoms with Crippen LogP contribution in [0.5, 0.6) is 0 Å². The van der Waals surface area contributed by atoms with Crippen molar-refractivity contribution in [3.05, 3.63) is 39.9 Å². The highest BCUT2D eigenvalue weighted by atomic mass is 35.5. The summed E-state index contributed by atoms with van der Waals surface area (Å²) in [6, 6.07) is 4.02. The van der Waals surface area contributed by atoms with E-state index in [1.807, 2.05) is 44.6 Å². The molecule has 4 heterocycles. The number of aromatic nitrogens is 3. The molecule has 5 unspecified atom stereocenters. The molecular formula is C25H32ClN5O3S. The summed E-state index contributed by atoms with van der Waals surface area (Å²) < 4.78 is 14.5. The van der Waals surface area contributed by atoms with Crippen LogP contribution in [-0.2, 0) is 20.7 Å². The van der Waals surface area contributed by atoms with Crippen molar-refractivity contribution in [3.63, 3.8) is 0 Å². The van der Waals surface area contributed by atoms with E-state index in [-0.39, 0.29) is 36.1 Å². The molecule has 10 heteroatoms. The molecule has 1 aliphatic heterocycles. The number of nitrogens with zero attached hydrogens (tertiary/aromatic N) is 3. The minimum Gasteiger partial charge on any atom is -0.380 e. The fraction of sp³-hybridized carbons (Fsp3) is 0.560. The van der Waals surface area contributed by atoms with Crippen molar-refractivity contribution in [2.24, 2.45) is 5.92 Å². The Morgan fingerprint density at radius 2 is 2.09 bits per heavy atom. The summed E-state index contributed by atoms with van der Waals surface area (Å²) in [7, 11) is 0. The molecule has 5 rings (SSSR count). The number of carbonyl (C=O) groups is 1. The highest BCUT2D eigenvalue weighted by molar-refractivity contribution is 7.10. The Labute approximate surface area is 214 Å². The number of pyridine rings is 1. The first-order valence-corrected chi connectivity index (χ1v) is 13.5. The van der Waals surface area contributed by atoms with Crippen molar-refractivity contribution in [2.45, 2.75) is 77.0 Å². The minimum absolute atomic E-state index is 0.00376. The second kappa shape index (κ2) is 9.69. The molecule has 188 valence electrons. The van der Waals surface area contributed by atoms with Gasteiger partial charge in [0.1, 0.15) is 17.7 Å². The van der Waals surface area contributed by atoms with Crippen LogP contribution in [0.3, 0.4) is 0 Å². The summed E-state index contributed by atoms with van der Waals surface area (Å²) in [4.78, 5) is 23.4. The van der Waals surface area contributed by atoms with Gasteiger partial charge in [0.15, 0.2) is 11.4 Å². The Morgan fingerprint density at radius 3 is 2.80 bits per heavy atom. The van der Waals surface area contributed by atoms with Crippen molar-refractivity contribution in [2.75, 3.05) is 11.9 Å². The molecule has 35 heavy (non-hydrogen) atoms. The SMILES string of the molecule is CCNC(=O)C1CC(n2cnc3c(NC(CC)Cc4sccc4Cl)ccnc32)C2OC(C)(C)OC12. The number of fused-ring (bicyclic) bond motifs is 2. The molecular weight excluding hydrogens is 486 g/mol. The van der Waals surface area contributed by atoms with Crippen LogP contribution < -0.4 is 10.6 Å². The highest BCUT2D eigenvalue weighted by Gasteiger charge is 2.56. The van der Waals surface area contributed by atoms with Crippen molar-refractivity contribution in [3.8, 4) is 0 Å². The fourth-order valence-electron chi connectivity index (χ4n) is 5.29. The van der Waals surface area contributed by atoms with E-state index >= 15 is 0 Å². The van der Waals surface area contributed by atoms with Crippen LogP contribution in [0.25, 0.3) is 11.2 Å². The van der Waals surface area contributed by atoms with Crippen LogP contribution >= 0.6 is 22.9 Å². The zero-order chi connectivity index (χ0) is 24.7. The Hall–Kier alpha value is -2.20. The minimum atomic E-state index is -0.743. The third kappa shape index (κ3) is 4.67. The first-order valence-electron chi connectivity index (χ1n) is 12.2. The lowest BCUT2D eigenvalue weighted by atomic mass is 10.0. The molecule has 2 aliphatic rings. The molecule has 2 fully saturated rings. The molecule has 0 radical (unpaired) electrons. The van der Waals surface area contributed by atoms with Crippen molar-refractivity contribution < 1.29 is 14.3 Å². The fourth-order valence-corrected chi connectivity index (χ4v) is 6.49. The Kier molecular flexibility index (Phi) is 6.78. The number of rotatable bonds is 8. The third-order valence-corrected chi connectivity index (χ3v) is 8.33. The number of ether oxygens (including phenoxy) is 2. The average molecular weight is 518 g/mol. The zero-order valence-corrected chi connectivity index (χ0v) is 22.0. The summed E-state index contributed by atoms with van der Waals surface area (Å²) >= 11 is 8.02. The second-order valence-corrected chi connectivity index (χ2v) is 11.1. The average Bonchev–Trinajstić information content (AvgIpc) is 3.57. The van der Waals surface area contributed by atoms with Gasteiger partial charge >= 0.3 is 0 Å². The lowest BCUT2D eigenvalue weighted by Gasteiger charge is -2.24.